The van der Waals surface area contributed by atoms with Crippen molar-refractivity contribution in [3.63, 3.8) is 0 Å². The number of carbonyl (C=O) groups is 2. The third-order valence-electron chi connectivity index (χ3n) is 5.53. The van der Waals surface area contributed by atoms with Gasteiger partial charge in [0.05, 0.1) is 23.8 Å². The van der Waals surface area contributed by atoms with Gasteiger partial charge >= 0.3 is 5.97 Å². The molecule has 3 aliphatic rings. The number of hydrogen-bond acceptors (Lipinski definition) is 5. The number of aliphatic hydroxyl groups is 1. The van der Waals surface area contributed by atoms with E-state index >= 15 is 0 Å². The van der Waals surface area contributed by atoms with Crippen LogP contribution in [0.15, 0.2) is 46.8 Å². The SMILES string of the molecule is C[C@@H](O)[C@H]1C(=O)N2C(C(=O)O)=C([C@H]3ON=C(c4ccccc4)[C@@H]3C)C[C@H]12. The van der Waals surface area contributed by atoms with Gasteiger partial charge in [0, 0.05) is 11.5 Å². The molecule has 0 aliphatic carbocycles. The highest BCUT2D eigenvalue weighted by molar-refractivity contribution is 6.04. The number of aliphatic hydroxyl groups excluding tert-OH is 1. The van der Waals surface area contributed by atoms with E-state index in [1.807, 2.05) is 37.3 Å². The van der Waals surface area contributed by atoms with Crippen LogP contribution in [0.4, 0.5) is 0 Å². The minimum atomic E-state index is -1.15. The molecule has 4 rings (SSSR count). The fourth-order valence-corrected chi connectivity index (χ4v) is 4.28. The van der Waals surface area contributed by atoms with E-state index in [2.05, 4.69) is 5.16 Å². The Hall–Kier alpha value is -2.67. The highest BCUT2D eigenvalue weighted by Gasteiger charge is 2.58. The quantitative estimate of drug-likeness (QED) is 0.794. The molecule has 0 radical (unpaired) electrons. The molecule has 0 spiro atoms. The maximum Gasteiger partial charge on any atom is 0.352 e. The van der Waals surface area contributed by atoms with Crippen molar-refractivity contribution in [3.8, 4) is 0 Å². The molecule has 26 heavy (non-hydrogen) atoms. The molecule has 3 heterocycles. The monoisotopic (exact) mass is 356 g/mol. The third kappa shape index (κ3) is 2.27. The lowest BCUT2D eigenvalue weighted by molar-refractivity contribution is -0.161. The second-order valence-electron chi connectivity index (χ2n) is 7.08. The molecule has 1 aromatic carbocycles. The van der Waals surface area contributed by atoms with Crippen LogP contribution in [0, 0.1) is 11.8 Å². The lowest BCUT2D eigenvalue weighted by Gasteiger charge is -2.44. The zero-order chi connectivity index (χ0) is 18.6. The molecule has 0 bridgehead atoms. The Balaban J connectivity index is 1.64. The van der Waals surface area contributed by atoms with E-state index in [4.69, 9.17) is 4.84 Å². The van der Waals surface area contributed by atoms with E-state index in [0.717, 1.165) is 11.3 Å². The fourth-order valence-electron chi connectivity index (χ4n) is 4.28. The standard InChI is InChI=1S/C19H20N2O5/c1-9-15(11-6-4-3-5-7-11)20-26-17(9)12-8-13-14(10(2)22)18(23)21(13)16(12)19(24)25/h3-7,9-10,13-14,17,22H,8H2,1-2H3,(H,24,25)/t9-,10+,13+,14+,17-/m0/s1. The van der Waals surface area contributed by atoms with E-state index in [9.17, 15) is 19.8 Å². The number of oxime groups is 1. The third-order valence-corrected chi connectivity index (χ3v) is 5.53. The first-order valence-electron chi connectivity index (χ1n) is 8.68. The van der Waals surface area contributed by atoms with Gasteiger partial charge in [0.15, 0.2) is 6.10 Å². The molecule has 1 saturated heterocycles. The zero-order valence-electron chi connectivity index (χ0n) is 14.5. The normalized spacial score (nSPS) is 31.3. The smallest absolute Gasteiger partial charge is 0.352 e. The average molecular weight is 356 g/mol. The number of rotatable bonds is 4. The number of carboxylic acids is 1. The van der Waals surface area contributed by atoms with E-state index in [1.54, 1.807) is 6.92 Å². The summed E-state index contributed by atoms with van der Waals surface area (Å²) in [5, 5.41) is 23.7. The highest BCUT2D eigenvalue weighted by atomic mass is 16.6. The summed E-state index contributed by atoms with van der Waals surface area (Å²) in [5.74, 6) is -2.19. The van der Waals surface area contributed by atoms with Gasteiger partial charge in [-0.2, -0.15) is 0 Å². The van der Waals surface area contributed by atoms with Gasteiger partial charge < -0.3 is 20.0 Å². The number of β-lactam (4-membered cyclic amide) rings is 1. The maximum atomic E-state index is 12.3. The first-order valence-corrected chi connectivity index (χ1v) is 8.68. The largest absolute Gasteiger partial charge is 0.477 e. The summed E-state index contributed by atoms with van der Waals surface area (Å²) in [6.07, 6.45) is -0.948. The Morgan fingerprint density at radius 2 is 2.04 bits per heavy atom. The van der Waals surface area contributed by atoms with Crippen molar-refractivity contribution in [1.29, 1.82) is 0 Å². The molecule has 1 amide bonds. The van der Waals surface area contributed by atoms with Crippen molar-refractivity contribution >= 4 is 17.6 Å². The summed E-state index contributed by atoms with van der Waals surface area (Å²) < 4.78 is 0. The zero-order valence-corrected chi connectivity index (χ0v) is 14.5. The van der Waals surface area contributed by atoms with Crippen LogP contribution < -0.4 is 0 Å². The molecule has 136 valence electrons. The highest BCUT2D eigenvalue weighted by Crippen LogP contribution is 2.47. The van der Waals surface area contributed by atoms with Gasteiger partial charge in [-0.05, 0) is 18.9 Å². The predicted molar refractivity (Wildman–Crippen MR) is 92.1 cm³/mol. The number of fused-ring (bicyclic) bond motifs is 1. The molecule has 5 atom stereocenters. The second kappa shape index (κ2) is 5.95. The van der Waals surface area contributed by atoms with Crippen molar-refractivity contribution in [2.75, 3.05) is 0 Å². The van der Waals surface area contributed by atoms with Crippen LogP contribution in [-0.2, 0) is 14.4 Å². The van der Waals surface area contributed by atoms with Crippen molar-refractivity contribution in [3.05, 3.63) is 47.2 Å². The summed E-state index contributed by atoms with van der Waals surface area (Å²) in [7, 11) is 0. The van der Waals surface area contributed by atoms with Crippen molar-refractivity contribution in [1.82, 2.24) is 4.90 Å². The van der Waals surface area contributed by atoms with Crippen molar-refractivity contribution in [2.45, 2.75) is 38.5 Å². The molecule has 0 aromatic heterocycles. The predicted octanol–water partition coefficient (Wildman–Crippen LogP) is 1.38. The summed E-state index contributed by atoms with van der Waals surface area (Å²) in [6, 6.07) is 9.28. The molecule has 7 nitrogen and oxygen atoms in total. The molecule has 0 saturated carbocycles. The van der Waals surface area contributed by atoms with Gasteiger partial charge in [-0.3, -0.25) is 4.79 Å². The van der Waals surface area contributed by atoms with E-state index in [-0.39, 0.29) is 23.6 Å². The van der Waals surface area contributed by atoms with Crippen LogP contribution in [-0.4, -0.2) is 51.0 Å². The minimum absolute atomic E-state index is 0.0155. The van der Waals surface area contributed by atoms with Gasteiger partial charge in [0.25, 0.3) is 0 Å². The minimum Gasteiger partial charge on any atom is -0.477 e. The lowest BCUT2D eigenvalue weighted by atomic mass is 9.81. The van der Waals surface area contributed by atoms with Crippen LogP contribution in [0.5, 0.6) is 0 Å². The second-order valence-corrected chi connectivity index (χ2v) is 7.08. The van der Waals surface area contributed by atoms with Crippen LogP contribution in [0.3, 0.4) is 0 Å². The fraction of sp³-hybridized carbons (Fsp3) is 0.421. The Bertz CT molecular complexity index is 830. The molecule has 2 N–H and O–H groups in total. The first kappa shape index (κ1) is 16.8. The van der Waals surface area contributed by atoms with E-state index in [0.29, 0.717) is 12.0 Å². The molecule has 7 heteroatoms. The Morgan fingerprint density at radius 3 is 2.65 bits per heavy atom. The maximum absolute atomic E-state index is 12.3. The number of amides is 1. The Morgan fingerprint density at radius 1 is 1.35 bits per heavy atom. The average Bonchev–Trinajstić information content (AvgIpc) is 3.13. The molecular formula is C19H20N2O5. The first-order chi connectivity index (χ1) is 12.4. The van der Waals surface area contributed by atoms with Gasteiger partial charge in [-0.1, -0.05) is 42.4 Å². The molecule has 1 aromatic rings. The van der Waals surface area contributed by atoms with Crippen LogP contribution in [0.25, 0.3) is 0 Å². The lowest BCUT2D eigenvalue weighted by Crippen LogP contribution is -2.61. The molecular weight excluding hydrogens is 336 g/mol. The number of carbonyl (C=O) groups excluding carboxylic acids is 1. The van der Waals surface area contributed by atoms with Gasteiger partial charge in [0.1, 0.15) is 5.70 Å². The Labute approximate surface area is 150 Å². The van der Waals surface area contributed by atoms with Crippen molar-refractivity contribution in [2.24, 2.45) is 17.0 Å². The van der Waals surface area contributed by atoms with E-state index in [1.165, 1.54) is 4.90 Å². The molecule has 0 unspecified atom stereocenters. The van der Waals surface area contributed by atoms with Gasteiger partial charge in [-0.25, -0.2) is 4.79 Å². The van der Waals surface area contributed by atoms with Crippen molar-refractivity contribution < 1.29 is 24.6 Å². The molecule has 3 aliphatic heterocycles. The molecule has 1 fully saturated rings. The van der Waals surface area contributed by atoms with Gasteiger partial charge in [0.2, 0.25) is 5.91 Å². The van der Waals surface area contributed by atoms with Crippen LogP contribution in [0.1, 0.15) is 25.8 Å². The summed E-state index contributed by atoms with van der Waals surface area (Å²) in [5.41, 5.74) is 2.25. The van der Waals surface area contributed by atoms with Crippen LogP contribution >= 0.6 is 0 Å². The Kier molecular flexibility index (Phi) is 3.84. The topological polar surface area (TPSA) is 99.4 Å². The number of benzene rings is 1. The van der Waals surface area contributed by atoms with Crippen LogP contribution in [0.2, 0.25) is 0 Å². The summed E-state index contributed by atoms with van der Waals surface area (Å²) >= 11 is 0. The summed E-state index contributed by atoms with van der Waals surface area (Å²) in [4.78, 5) is 31.1. The van der Waals surface area contributed by atoms with Gasteiger partial charge in [-0.15, -0.1) is 0 Å². The number of nitrogens with zero attached hydrogens (tertiary/aromatic N) is 2. The van der Waals surface area contributed by atoms with E-state index < -0.39 is 24.1 Å². The number of hydrogen-bond donors (Lipinski definition) is 2. The number of carboxylic acid groups (broad SMARTS) is 1. The summed E-state index contributed by atoms with van der Waals surface area (Å²) in [6.45, 7) is 3.50. The number of aliphatic carboxylic acids is 1.